The van der Waals surface area contributed by atoms with Gasteiger partial charge in [0.25, 0.3) is 0 Å². The second-order valence-electron chi connectivity index (χ2n) is 11.7. The summed E-state index contributed by atoms with van der Waals surface area (Å²) in [6.07, 6.45) is 16.1. The quantitative estimate of drug-likeness (QED) is 0.0473. The first-order chi connectivity index (χ1) is 24.0. The maximum atomic E-state index is 11.5. The fraction of sp³-hybridized carbons (Fsp3) is 0.550. The minimum atomic E-state index is -0.726. The van der Waals surface area contributed by atoms with Crippen LogP contribution in [0.3, 0.4) is 0 Å². The zero-order chi connectivity index (χ0) is 37.4. The molecule has 1 heterocycles. The second kappa shape index (κ2) is 30.8. The van der Waals surface area contributed by atoms with Crippen LogP contribution in [0.15, 0.2) is 72.9 Å². The smallest absolute Gasteiger partial charge is 0.462 e. The van der Waals surface area contributed by atoms with E-state index in [-0.39, 0.29) is 31.8 Å². The second-order valence-corrected chi connectivity index (χ2v) is 11.7. The highest BCUT2D eigenvalue weighted by Gasteiger charge is 2.26. The van der Waals surface area contributed by atoms with Gasteiger partial charge in [-0.1, -0.05) is 127 Å². The van der Waals surface area contributed by atoms with Crippen LogP contribution in [0.5, 0.6) is 0 Å². The number of carbonyl (C=O) groups excluding carboxylic acids is 4. The van der Waals surface area contributed by atoms with E-state index in [2.05, 4.69) is 36.1 Å². The van der Waals surface area contributed by atoms with Gasteiger partial charge in [0, 0.05) is 23.3 Å². The number of rotatable bonds is 23. The molecule has 0 spiro atoms. The first-order valence-electron chi connectivity index (χ1n) is 17.6. The van der Waals surface area contributed by atoms with Crippen molar-refractivity contribution in [2.24, 2.45) is 0 Å². The Hall–Kier alpha value is -4.18. The van der Waals surface area contributed by atoms with Crippen molar-refractivity contribution in [3.05, 3.63) is 78.4 Å². The van der Waals surface area contributed by atoms with Gasteiger partial charge in [-0.05, 0) is 39.2 Å². The van der Waals surface area contributed by atoms with Gasteiger partial charge in [0.2, 0.25) is 0 Å². The maximum Gasteiger partial charge on any atom is 0.508 e. The average Bonchev–Trinajstić information content (AvgIpc) is 3.53. The molecule has 1 fully saturated rings. The van der Waals surface area contributed by atoms with Crippen molar-refractivity contribution >= 4 is 30.1 Å². The van der Waals surface area contributed by atoms with Gasteiger partial charge < -0.3 is 28.4 Å². The molecule has 1 aliphatic heterocycles. The highest BCUT2D eigenvalue weighted by molar-refractivity contribution is 5.88. The number of cyclic esters (lactones) is 2. The summed E-state index contributed by atoms with van der Waals surface area (Å²) < 4.78 is 29.0. The molecule has 0 N–H and O–H groups in total. The Balaban J connectivity index is 0.000000733. The van der Waals surface area contributed by atoms with Crippen molar-refractivity contribution in [1.82, 2.24) is 0 Å². The minimum Gasteiger partial charge on any atom is -0.462 e. The maximum absolute atomic E-state index is 11.5. The molecule has 2 rings (SSSR count). The summed E-state index contributed by atoms with van der Waals surface area (Å²) in [5.74, 6) is -1.12. The van der Waals surface area contributed by atoms with Crippen molar-refractivity contribution in [2.75, 3.05) is 39.6 Å². The third kappa shape index (κ3) is 26.7. The van der Waals surface area contributed by atoms with E-state index >= 15 is 0 Å². The van der Waals surface area contributed by atoms with Crippen LogP contribution in [0.4, 0.5) is 4.79 Å². The Morgan fingerprint density at radius 2 is 1.32 bits per heavy atom. The van der Waals surface area contributed by atoms with Gasteiger partial charge in [0.1, 0.15) is 19.8 Å². The molecule has 0 amide bonds. The third-order valence-electron chi connectivity index (χ3n) is 6.91. The van der Waals surface area contributed by atoms with Crippen LogP contribution in [0.2, 0.25) is 0 Å². The number of hydrogen-bond donors (Lipinski definition) is 0. The van der Waals surface area contributed by atoms with Gasteiger partial charge in [-0.15, -0.1) is 0 Å². The Bertz CT molecular complexity index is 1170. The Kier molecular flexibility index (Phi) is 28.3. The summed E-state index contributed by atoms with van der Waals surface area (Å²) in [5.41, 5.74) is 2.34. The van der Waals surface area contributed by atoms with Crippen molar-refractivity contribution in [2.45, 2.75) is 104 Å². The molecule has 0 aliphatic carbocycles. The van der Waals surface area contributed by atoms with E-state index in [4.69, 9.17) is 18.9 Å². The minimum absolute atomic E-state index is 0.0113. The number of allylic oxidation sites excluding steroid dienone is 1. The summed E-state index contributed by atoms with van der Waals surface area (Å²) in [5, 5.41) is 0. The van der Waals surface area contributed by atoms with Crippen molar-refractivity contribution in [3.63, 3.8) is 0 Å². The van der Waals surface area contributed by atoms with Crippen LogP contribution in [0.1, 0.15) is 104 Å². The molecule has 0 saturated carbocycles. The predicted octanol–water partition coefficient (Wildman–Crippen LogP) is 8.89. The predicted molar refractivity (Wildman–Crippen MR) is 196 cm³/mol. The van der Waals surface area contributed by atoms with Crippen molar-refractivity contribution in [1.29, 1.82) is 0 Å². The fourth-order valence-corrected chi connectivity index (χ4v) is 4.04. The summed E-state index contributed by atoms with van der Waals surface area (Å²) in [6, 6.07) is 9.90. The molecule has 0 bridgehead atoms. The number of unbranched alkanes of at least 4 members (excludes halogenated alkanes) is 9. The number of hydrogen-bond acceptors (Lipinski definition) is 10. The zero-order valence-corrected chi connectivity index (χ0v) is 30.8. The SMILES string of the molecule is C=C(C)C(=O)OCC1COC(=O)O1.C=C(C)C(=O)OCCCCCCCCCCCC.C=C(CC=Cc1ccccc1)C(=O)OCCOCC. The topological polar surface area (TPSA) is 124 Å². The molecule has 50 heavy (non-hydrogen) atoms. The Labute approximate surface area is 299 Å². The number of esters is 3. The highest BCUT2D eigenvalue weighted by atomic mass is 16.8. The van der Waals surface area contributed by atoms with Gasteiger partial charge in [0.05, 0.1) is 13.2 Å². The van der Waals surface area contributed by atoms with Gasteiger partial charge in [-0.3, -0.25) is 0 Å². The number of carbonyl (C=O) groups is 4. The van der Waals surface area contributed by atoms with E-state index in [1.165, 1.54) is 57.8 Å². The molecule has 1 unspecified atom stereocenters. The number of benzene rings is 1. The molecule has 1 atom stereocenters. The van der Waals surface area contributed by atoms with Crippen LogP contribution in [-0.2, 0) is 42.8 Å². The fourth-order valence-electron chi connectivity index (χ4n) is 4.04. The van der Waals surface area contributed by atoms with E-state index in [1.807, 2.05) is 49.4 Å². The van der Waals surface area contributed by atoms with E-state index in [0.717, 1.165) is 12.0 Å². The van der Waals surface area contributed by atoms with Crippen LogP contribution >= 0.6 is 0 Å². The molecule has 1 aromatic carbocycles. The molecule has 0 radical (unpaired) electrons. The lowest BCUT2D eigenvalue weighted by Crippen LogP contribution is -2.20. The molecule has 280 valence electrons. The molecular formula is C40H60O10. The summed E-state index contributed by atoms with van der Waals surface area (Å²) in [6.45, 7) is 20.0. The Morgan fingerprint density at radius 3 is 1.86 bits per heavy atom. The van der Waals surface area contributed by atoms with Crippen LogP contribution in [-0.4, -0.2) is 69.8 Å². The lowest BCUT2D eigenvalue weighted by atomic mass is 10.1. The van der Waals surface area contributed by atoms with E-state index in [9.17, 15) is 19.2 Å². The Morgan fingerprint density at radius 1 is 0.760 bits per heavy atom. The molecule has 10 nitrogen and oxygen atoms in total. The zero-order valence-electron chi connectivity index (χ0n) is 30.8. The molecule has 0 aromatic heterocycles. The first kappa shape index (κ1) is 45.8. The monoisotopic (exact) mass is 700 g/mol. The largest absolute Gasteiger partial charge is 0.508 e. The normalized spacial score (nSPS) is 13.0. The van der Waals surface area contributed by atoms with Gasteiger partial charge >= 0.3 is 24.1 Å². The molecule has 10 heteroatoms. The lowest BCUT2D eigenvalue weighted by Gasteiger charge is -2.06. The van der Waals surface area contributed by atoms with E-state index in [1.54, 1.807) is 13.8 Å². The molecule has 1 aromatic rings. The third-order valence-corrected chi connectivity index (χ3v) is 6.91. The first-order valence-corrected chi connectivity index (χ1v) is 17.6. The van der Waals surface area contributed by atoms with Gasteiger partial charge in [0.15, 0.2) is 6.10 Å². The van der Waals surface area contributed by atoms with Crippen LogP contribution in [0.25, 0.3) is 6.08 Å². The molecular weight excluding hydrogens is 640 g/mol. The van der Waals surface area contributed by atoms with Crippen molar-refractivity contribution < 1.29 is 47.6 Å². The number of ether oxygens (including phenoxy) is 6. The van der Waals surface area contributed by atoms with Gasteiger partial charge in [-0.2, -0.15) is 0 Å². The molecule has 1 aliphatic rings. The van der Waals surface area contributed by atoms with Crippen LogP contribution in [0, 0.1) is 0 Å². The summed E-state index contributed by atoms with van der Waals surface area (Å²) >= 11 is 0. The van der Waals surface area contributed by atoms with Crippen LogP contribution < -0.4 is 0 Å². The molecule has 1 saturated heterocycles. The standard InChI is InChI=1S/C16H20O3.C16H30O2.C8H10O5/c1-3-18-12-13-19-16(17)14(2)8-7-11-15-9-5-4-6-10-15;1-4-5-6-7-8-9-10-11-12-13-14-18-16(17)15(2)3;1-5(2)7(9)11-3-6-4-12-8(10)13-6/h4-7,9-11H,2-3,8,12-13H2,1H3;2,4-14H2,1,3H3;6H,1,3-4H2,2H3. The summed E-state index contributed by atoms with van der Waals surface area (Å²) in [4.78, 5) is 43.9. The summed E-state index contributed by atoms with van der Waals surface area (Å²) in [7, 11) is 0. The van der Waals surface area contributed by atoms with Gasteiger partial charge in [-0.25, -0.2) is 19.2 Å². The highest BCUT2D eigenvalue weighted by Crippen LogP contribution is 2.11. The van der Waals surface area contributed by atoms with Crippen molar-refractivity contribution in [3.8, 4) is 0 Å². The average molecular weight is 701 g/mol. The van der Waals surface area contributed by atoms with E-state index in [0.29, 0.717) is 43.0 Å². The lowest BCUT2D eigenvalue weighted by molar-refractivity contribution is -0.141. The van der Waals surface area contributed by atoms with E-state index < -0.39 is 18.2 Å².